The fourth-order valence-electron chi connectivity index (χ4n) is 2.22. The Labute approximate surface area is 117 Å². The van der Waals surface area contributed by atoms with Crippen LogP contribution in [0.2, 0.25) is 5.02 Å². The number of nitrogens with zero attached hydrogens (tertiary/aromatic N) is 1. The average molecular weight is 285 g/mol. The molecular weight excluding hydrogens is 267 g/mol. The van der Waals surface area contributed by atoms with Gasteiger partial charge in [-0.05, 0) is 37.5 Å². The predicted molar refractivity (Wildman–Crippen MR) is 73.5 cm³/mol. The van der Waals surface area contributed by atoms with Crippen LogP contribution in [0.25, 0.3) is 0 Å². The second-order valence-corrected chi connectivity index (χ2v) is 5.29. The largest absolute Gasteiger partial charge is 0.341 e. The van der Waals surface area contributed by atoms with Crippen molar-refractivity contribution in [2.24, 2.45) is 0 Å². The van der Waals surface area contributed by atoms with Crippen LogP contribution in [0.15, 0.2) is 18.2 Å². The highest BCUT2D eigenvalue weighted by molar-refractivity contribution is 6.30. The number of amides is 1. The van der Waals surface area contributed by atoms with Gasteiger partial charge in [0.1, 0.15) is 5.82 Å². The third-order valence-electron chi connectivity index (χ3n) is 3.38. The first-order valence-electron chi connectivity index (χ1n) is 6.54. The van der Waals surface area contributed by atoms with Gasteiger partial charge >= 0.3 is 0 Å². The van der Waals surface area contributed by atoms with Crippen LogP contribution in [0.5, 0.6) is 0 Å². The number of likely N-dealkylation sites (tertiary alicyclic amines) is 1. The summed E-state index contributed by atoms with van der Waals surface area (Å²) in [5.41, 5.74) is 0.868. The topological polar surface area (TPSA) is 32.3 Å². The molecule has 1 aliphatic heterocycles. The highest BCUT2D eigenvalue weighted by Gasteiger charge is 2.22. The number of nitrogens with one attached hydrogen (secondary N) is 1. The number of rotatable bonds is 4. The molecule has 1 fully saturated rings. The van der Waals surface area contributed by atoms with Crippen LogP contribution in [0.3, 0.4) is 0 Å². The summed E-state index contributed by atoms with van der Waals surface area (Å²) in [6.45, 7) is 4.06. The van der Waals surface area contributed by atoms with Gasteiger partial charge in [0.25, 0.3) is 0 Å². The molecule has 1 aromatic carbocycles. The lowest BCUT2D eigenvalue weighted by Crippen LogP contribution is -2.43. The van der Waals surface area contributed by atoms with E-state index >= 15 is 0 Å². The predicted octanol–water partition coefficient (Wildman–Crippen LogP) is 2.58. The van der Waals surface area contributed by atoms with Crippen molar-refractivity contribution in [3.8, 4) is 0 Å². The fourth-order valence-corrected chi connectivity index (χ4v) is 2.42. The van der Waals surface area contributed by atoms with Gasteiger partial charge in [-0.1, -0.05) is 17.7 Å². The van der Waals surface area contributed by atoms with Gasteiger partial charge in [0, 0.05) is 19.6 Å². The lowest BCUT2D eigenvalue weighted by molar-refractivity contribution is -0.131. The highest BCUT2D eigenvalue weighted by atomic mass is 35.5. The van der Waals surface area contributed by atoms with Crippen LogP contribution in [0.4, 0.5) is 4.39 Å². The molecule has 5 heteroatoms. The molecule has 0 saturated carbocycles. The lowest BCUT2D eigenvalue weighted by atomic mass is 10.2. The minimum atomic E-state index is -0.424. The summed E-state index contributed by atoms with van der Waals surface area (Å²) < 4.78 is 13.0. The molecule has 104 valence electrons. The van der Waals surface area contributed by atoms with E-state index in [9.17, 15) is 9.18 Å². The van der Waals surface area contributed by atoms with E-state index in [0.29, 0.717) is 6.54 Å². The standard InChI is InChI=1S/C14H18ClFN2O/c1-10(14(19)18-6-2-3-7-18)17-9-11-4-5-13(16)12(15)8-11/h4-5,8,10,17H,2-3,6-7,9H2,1H3. The second kappa shape index (κ2) is 6.35. The van der Waals surface area contributed by atoms with Crippen LogP contribution in [-0.4, -0.2) is 29.9 Å². The molecule has 3 nitrogen and oxygen atoms in total. The van der Waals surface area contributed by atoms with Gasteiger partial charge in [-0.2, -0.15) is 0 Å². The van der Waals surface area contributed by atoms with Crippen molar-refractivity contribution in [1.29, 1.82) is 0 Å². The SMILES string of the molecule is CC(NCc1ccc(F)c(Cl)c1)C(=O)N1CCCC1. The van der Waals surface area contributed by atoms with E-state index in [1.165, 1.54) is 6.07 Å². The summed E-state index contributed by atoms with van der Waals surface area (Å²) >= 11 is 5.72. The molecule has 1 heterocycles. The zero-order valence-corrected chi connectivity index (χ0v) is 11.7. The molecule has 0 bridgehead atoms. The number of halogens is 2. The first-order valence-corrected chi connectivity index (χ1v) is 6.92. The summed E-state index contributed by atoms with van der Waals surface area (Å²) in [4.78, 5) is 13.9. The van der Waals surface area contributed by atoms with E-state index in [1.807, 2.05) is 11.8 Å². The van der Waals surface area contributed by atoms with Crippen LogP contribution in [0, 0.1) is 5.82 Å². The molecule has 1 aromatic rings. The summed E-state index contributed by atoms with van der Waals surface area (Å²) in [5.74, 6) is -0.294. The zero-order chi connectivity index (χ0) is 13.8. The second-order valence-electron chi connectivity index (χ2n) is 4.88. The molecule has 1 aliphatic rings. The molecule has 2 rings (SSSR count). The maximum Gasteiger partial charge on any atom is 0.239 e. The third-order valence-corrected chi connectivity index (χ3v) is 3.67. The molecule has 1 amide bonds. The van der Waals surface area contributed by atoms with Gasteiger partial charge in [-0.15, -0.1) is 0 Å². The smallest absolute Gasteiger partial charge is 0.239 e. The first-order chi connectivity index (χ1) is 9.08. The Kier molecular flexibility index (Phi) is 4.77. The minimum absolute atomic E-state index is 0.109. The van der Waals surface area contributed by atoms with Gasteiger partial charge in [0.2, 0.25) is 5.91 Å². The molecule has 0 aromatic heterocycles. The van der Waals surface area contributed by atoms with Gasteiger partial charge in [0.15, 0.2) is 0 Å². The van der Waals surface area contributed by atoms with Crippen molar-refractivity contribution in [2.45, 2.75) is 32.4 Å². The molecule has 0 radical (unpaired) electrons. The molecule has 0 aliphatic carbocycles. The molecular formula is C14H18ClFN2O. The minimum Gasteiger partial charge on any atom is -0.341 e. The first kappa shape index (κ1) is 14.3. The van der Waals surface area contributed by atoms with Crippen molar-refractivity contribution in [3.63, 3.8) is 0 Å². The maximum absolute atomic E-state index is 13.0. The van der Waals surface area contributed by atoms with E-state index in [-0.39, 0.29) is 17.0 Å². The molecule has 19 heavy (non-hydrogen) atoms. The Morgan fingerprint density at radius 3 is 2.79 bits per heavy atom. The lowest BCUT2D eigenvalue weighted by Gasteiger charge is -2.21. The Morgan fingerprint density at radius 1 is 1.47 bits per heavy atom. The molecule has 1 atom stereocenters. The average Bonchev–Trinajstić information content (AvgIpc) is 2.93. The van der Waals surface area contributed by atoms with Gasteiger partial charge in [-0.25, -0.2) is 4.39 Å². The Hall–Kier alpha value is -1.13. The van der Waals surface area contributed by atoms with Crippen LogP contribution in [0.1, 0.15) is 25.3 Å². The Bertz CT molecular complexity index is 461. The number of hydrogen-bond donors (Lipinski definition) is 1. The van der Waals surface area contributed by atoms with Gasteiger partial charge in [0.05, 0.1) is 11.1 Å². The zero-order valence-electron chi connectivity index (χ0n) is 11.0. The van der Waals surface area contributed by atoms with E-state index < -0.39 is 5.82 Å². The molecule has 1 saturated heterocycles. The monoisotopic (exact) mass is 284 g/mol. The summed E-state index contributed by atoms with van der Waals surface area (Å²) in [6.07, 6.45) is 2.18. The van der Waals surface area contributed by atoms with E-state index in [0.717, 1.165) is 31.5 Å². The summed E-state index contributed by atoms with van der Waals surface area (Å²) in [7, 11) is 0. The number of carbonyl (C=O) groups is 1. The van der Waals surface area contributed by atoms with Crippen molar-refractivity contribution < 1.29 is 9.18 Å². The van der Waals surface area contributed by atoms with E-state index in [2.05, 4.69) is 5.32 Å². The maximum atomic E-state index is 13.0. The normalized spacial score (nSPS) is 16.7. The van der Waals surface area contributed by atoms with Crippen molar-refractivity contribution in [3.05, 3.63) is 34.6 Å². The molecule has 1 unspecified atom stereocenters. The van der Waals surface area contributed by atoms with Crippen molar-refractivity contribution >= 4 is 17.5 Å². The summed E-state index contributed by atoms with van der Waals surface area (Å²) in [6, 6.07) is 4.35. The van der Waals surface area contributed by atoms with Crippen molar-refractivity contribution in [1.82, 2.24) is 10.2 Å². The molecule has 0 spiro atoms. The van der Waals surface area contributed by atoms with Crippen LogP contribution >= 0.6 is 11.6 Å². The Morgan fingerprint density at radius 2 is 2.16 bits per heavy atom. The van der Waals surface area contributed by atoms with Gasteiger partial charge in [-0.3, -0.25) is 4.79 Å². The van der Waals surface area contributed by atoms with Crippen molar-refractivity contribution in [2.75, 3.05) is 13.1 Å². The molecule has 1 N–H and O–H groups in total. The number of carbonyl (C=O) groups excluding carboxylic acids is 1. The van der Waals surface area contributed by atoms with Gasteiger partial charge < -0.3 is 10.2 Å². The fraction of sp³-hybridized carbons (Fsp3) is 0.500. The third kappa shape index (κ3) is 3.67. The number of hydrogen-bond acceptors (Lipinski definition) is 2. The van der Waals surface area contributed by atoms with E-state index in [4.69, 9.17) is 11.6 Å². The Balaban J connectivity index is 1.87. The highest BCUT2D eigenvalue weighted by Crippen LogP contribution is 2.16. The number of benzene rings is 1. The summed E-state index contributed by atoms with van der Waals surface area (Å²) in [5, 5.41) is 3.26. The van der Waals surface area contributed by atoms with E-state index in [1.54, 1.807) is 12.1 Å². The van der Waals surface area contributed by atoms with Crippen LogP contribution < -0.4 is 5.32 Å². The quantitative estimate of drug-likeness (QED) is 0.922. The van der Waals surface area contributed by atoms with Crippen LogP contribution in [-0.2, 0) is 11.3 Å².